The number of carbonyl (C=O) groups is 1. The average Bonchev–Trinajstić information content (AvgIpc) is 2.81. The predicted octanol–water partition coefficient (Wildman–Crippen LogP) is 0.668. The summed E-state index contributed by atoms with van der Waals surface area (Å²) in [6, 6.07) is 1.68. The quantitative estimate of drug-likeness (QED) is 0.737. The Kier molecular flexibility index (Phi) is 3.57. The maximum Gasteiger partial charge on any atom is 0.254 e. The number of aromatic nitrogens is 3. The minimum absolute atomic E-state index is 0.216. The number of H-pyrrole nitrogens is 1. The van der Waals surface area contributed by atoms with Crippen LogP contribution in [0.5, 0.6) is 0 Å². The van der Waals surface area contributed by atoms with Gasteiger partial charge in [0.25, 0.3) is 5.91 Å². The third kappa shape index (κ3) is 2.85. The number of aromatic amines is 1. The van der Waals surface area contributed by atoms with E-state index in [0.717, 1.165) is 11.5 Å². The number of carbonyl (C=O) groups excluding carboxylic acids is 1. The van der Waals surface area contributed by atoms with Crippen molar-refractivity contribution in [3.8, 4) is 0 Å². The molecule has 0 atom stereocenters. The van der Waals surface area contributed by atoms with Gasteiger partial charge in [0.2, 0.25) is 0 Å². The van der Waals surface area contributed by atoms with Crippen LogP contribution in [0.4, 0.5) is 5.69 Å². The predicted molar refractivity (Wildman–Crippen MR) is 68.0 cm³/mol. The van der Waals surface area contributed by atoms with Gasteiger partial charge in [0.05, 0.1) is 5.56 Å². The van der Waals surface area contributed by atoms with Gasteiger partial charge in [-0.3, -0.25) is 9.78 Å². The topological polar surface area (TPSA) is 96.7 Å². The molecule has 0 aliphatic carbocycles. The number of nitrogens with two attached hydrogens (primary N) is 1. The third-order valence-corrected chi connectivity index (χ3v) is 2.52. The molecular weight excluding hydrogens is 230 g/mol. The molecule has 2 rings (SSSR count). The summed E-state index contributed by atoms with van der Waals surface area (Å²) in [5.74, 6) is 0.622. The monoisotopic (exact) mass is 245 g/mol. The molecule has 1 amide bonds. The number of imidazole rings is 1. The summed E-state index contributed by atoms with van der Waals surface area (Å²) in [6.45, 7) is 2.33. The average molecular weight is 245 g/mol. The van der Waals surface area contributed by atoms with Gasteiger partial charge >= 0.3 is 0 Å². The van der Waals surface area contributed by atoms with E-state index in [2.05, 4.69) is 20.3 Å². The molecule has 0 saturated carbocycles. The van der Waals surface area contributed by atoms with E-state index in [1.165, 1.54) is 6.20 Å². The Balaban J connectivity index is 1.91. The van der Waals surface area contributed by atoms with Gasteiger partial charge in [0.1, 0.15) is 5.82 Å². The summed E-state index contributed by atoms with van der Waals surface area (Å²) >= 11 is 0. The van der Waals surface area contributed by atoms with Gasteiger partial charge in [-0.05, 0) is 13.0 Å². The highest BCUT2D eigenvalue weighted by Gasteiger charge is 2.09. The van der Waals surface area contributed by atoms with E-state index in [9.17, 15) is 4.79 Å². The number of nitrogens with one attached hydrogen (secondary N) is 2. The van der Waals surface area contributed by atoms with Crippen molar-refractivity contribution in [2.45, 2.75) is 13.3 Å². The molecule has 6 nitrogen and oxygen atoms in total. The molecule has 6 heteroatoms. The number of hydrogen-bond donors (Lipinski definition) is 3. The molecule has 0 aliphatic heterocycles. The summed E-state index contributed by atoms with van der Waals surface area (Å²) in [4.78, 5) is 22.9. The molecule has 94 valence electrons. The van der Waals surface area contributed by atoms with Crippen LogP contribution in [0.2, 0.25) is 0 Å². The summed E-state index contributed by atoms with van der Waals surface area (Å²) in [6.07, 6.45) is 5.57. The molecule has 0 saturated heterocycles. The lowest BCUT2D eigenvalue weighted by atomic mass is 10.2. The van der Waals surface area contributed by atoms with Crippen LogP contribution in [0, 0.1) is 6.92 Å². The maximum atomic E-state index is 11.8. The van der Waals surface area contributed by atoms with Gasteiger partial charge in [0.15, 0.2) is 0 Å². The van der Waals surface area contributed by atoms with Crippen LogP contribution < -0.4 is 11.1 Å². The van der Waals surface area contributed by atoms with E-state index in [4.69, 9.17) is 5.73 Å². The van der Waals surface area contributed by atoms with Gasteiger partial charge in [-0.1, -0.05) is 0 Å². The van der Waals surface area contributed by atoms with Crippen molar-refractivity contribution >= 4 is 11.6 Å². The van der Waals surface area contributed by atoms with Gasteiger partial charge in [-0.25, -0.2) is 4.98 Å². The first-order chi connectivity index (χ1) is 8.66. The second kappa shape index (κ2) is 5.31. The van der Waals surface area contributed by atoms with Crippen molar-refractivity contribution in [2.75, 3.05) is 12.3 Å². The molecule has 4 N–H and O–H groups in total. The van der Waals surface area contributed by atoms with Gasteiger partial charge in [-0.2, -0.15) is 0 Å². The Hall–Kier alpha value is -2.37. The second-order valence-electron chi connectivity index (χ2n) is 3.95. The molecule has 0 fully saturated rings. The molecule has 18 heavy (non-hydrogen) atoms. The molecule has 2 heterocycles. The lowest BCUT2D eigenvalue weighted by molar-refractivity contribution is 0.0954. The molecular formula is C12H15N5O. The molecule has 0 unspecified atom stereocenters. The Morgan fingerprint density at radius 3 is 3.00 bits per heavy atom. The first kappa shape index (κ1) is 12.1. The van der Waals surface area contributed by atoms with Crippen molar-refractivity contribution in [1.29, 1.82) is 0 Å². The van der Waals surface area contributed by atoms with Crippen molar-refractivity contribution in [2.24, 2.45) is 0 Å². The van der Waals surface area contributed by atoms with Crippen LogP contribution in [-0.4, -0.2) is 27.4 Å². The lowest BCUT2D eigenvalue weighted by Crippen LogP contribution is -2.27. The molecule has 0 aromatic carbocycles. The van der Waals surface area contributed by atoms with E-state index in [0.29, 0.717) is 24.2 Å². The van der Waals surface area contributed by atoms with E-state index < -0.39 is 0 Å². The number of nitrogen functional groups attached to an aromatic ring is 1. The van der Waals surface area contributed by atoms with Crippen LogP contribution in [0.3, 0.4) is 0 Å². The minimum Gasteiger partial charge on any atom is -0.398 e. The van der Waals surface area contributed by atoms with Crippen LogP contribution in [0.1, 0.15) is 21.9 Å². The first-order valence-electron chi connectivity index (χ1n) is 5.65. The Labute approximate surface area is 105 Å². The molecule has 0 bridgehead atoms. The highest BCUT2D eigenvalue weighted by atomic mass is 16.1. The SMILES string of the molecule is Cc1cc(N)c(C(=O)NCCc2ncc[nH]2)cn1. The Morgan fingerprint density at radius 1 is 1.50 bits per heavy atom. The lowest BCUT2D eigenvalue weighted by Gasteiger charge is -2.06. The number of pyridine rings is 1. The number of amides is 1. The molecule has 0 spiro atoms. The Morgan fingerprint density at radius 2 is 2.33 bits per heavy atom. The van der Waals surface area contributed by atoms with Crippen LogP contribution in [0.15, 0.2) is 24.7 Å². The van der Waals surface area contributed by atoms with Crippen molar-refractivity contribution in [1.82, 2.24) is 20.3 Å². The summed E-state index contributed by atoms with van der Waals surface area (Å²) in [7, 11) is 0. The van der Waals surface area contributed by atoms with E-state index in [1.54, 1.807) is 18.5 Å². The fourth-order valence-electron chi connectivity index (χ4n) is 1.60. The molecule has 2 aromatic heterocycles. The smallest absolute Gasteiger partial charge is 0.254 e. The van der Waals surface area contributed by atoms with Crippen molar-refractivity contribution in [3.63, 3.8) is 0 Å². The zero-order valence-electron chi connectivity index (χ0n) is 10.1. The zero-order chi connectivity index (χ0) is 13.0. The highest BCUT2D eigenvalue weighted by molar-refractivity contribution is 5.98. The minimum atomic E-state index is -0.216. The van der Waals surface area contributed by atoms with Gasteiger partial charge in [-0.15, -0.1) is 0 Å². The largest absolute Gasteiger partial charge is 0.398 e. The van der Waals surface area contributed by atoms with Crippen LogP contribution in [0.25, 0.3) is 0 Å². The van der Waals surface area contributed by atoms with E-state index in [-0.39, 0.29) is 5.91 Å². The number of hydrogen-bond acceptors (Lipinski definition) is 4. The fraction of sp³-hybridized carbons (Fsp3) is 0.250. The summed E-state index contributed by atoms with van der Waals surface area (Å²) in [5, 5.41) is 2.78. The number of rotatable bonds is 4. The molecule has 0 aliphatic rings. The van der Waals surface area contributed by atoms with Crippen molar-refractivity contribution in [3.05, 3.63) is 41.7 Å². The summed E-state index contributed by atoms with van der Waals surface area (Å²) < 4.78 is 0. The van der Waals surface area contributed by atoms with Gasteiger partial charge < -0.3 is 16.0 Å². The van der Waals surface area contributed by atoms with Crippen LogP contribution in [-0.2, 0) is 6.42 Å². The Bertz CT molecular complexity index is 535. The molecule has 0 radical (unpaired) electrons. The van der Waals surface area contributed by atoms with E-state index in [1.807, 2.05) is 6.92 Å². The first-order valence-corrected chi connectivity index (χ1v) is 5.65. The standard InChI is InChI=1S/C12H15N5O/c1-8-6-10(13)9(7-17-8)12(18)16-3-2-11-14-4-5-15-11/h4-7H,2-3H2,1H3,(H2,13,17)(H,14,15)(H,16,18). The summed E-state index contributed by atoms with van der Waals surface area (Å²) in [5.41, 5.74) is 7.41. The second-order valence-corrected chi connectivity index (χ2v) is 3.95. The van der Waals surface area contributed by atoms with Gasteiger partial charge in [0, 0.05) is 42.9 Å². The normalized spacial score (nSPS) is 10.3. The maximum absolute atomic E-state index is 11.8. The number of anilines is 1. The molecule has 2 aromatic rings. The number of aryl methyl sites for hydroxylation is 1. The van der Waals surface area contributed by atoms with E-state index >= 15 is 0 Å². The van der Waals surface area contributed by atoms with Crippen molar-refractivity contribution < 1.29 is 4.79 Å². The van der Waals surface area contributed by atoms with Crippen LogP contribution >= 0.6 is 0 Å². The zero-order valence-corrected chi connectivity index (χ0v) is 10.1. The highest BCUT2D eigenvalue weighted by Crippen LogP contribution is 2.10. The third-order valence-electron chi connectivity index (χ3n) is 2.52. The number of nitrogens with zero attached hydrogens (tertiary/aromatic N) is 2. The fourth-order valence-corrected chi connectivity index (χ4v) is 1.60.